The number of nitrogens with zero attached hydrogens (tertiary/aromatic N) is 1. The molecule has 1 fully saturated rings. The van der Waals surface area contributed by atoms with Gasteiger partial charge < -0.3 is 14.4 Å². The van der Waals surface area contributed by atoms with Crippen LogP contribution >= 0.6 is 0 Å². The lowest BCUT2D eigenvalue weighted by atomic mass is 9.89. The van der Waals surface area contributed by atoms with Crippen LogP contribution in [0, 0.1) is 5.41 Å². The first-order chi connectivity index (χ1) is 7.12. The summed E-state index contributed by atoms with van der Waals surface area (Å²) in [6.45, 7) is 11.8. The van der Waals surface area contributed by atoms with Gasteiger partial charge in [0.05, 0.1) is 11.7 Å². The average molecular weight is 229 g/mol. The van der Waals surface area contributed by atoms with Crippen LogP contribution < -0.4 is 0 Å². The highest BCUT2D eigenvalue weighted by Gasteiger charge is 2.41. The van der Waals surface area contributed by atoms with E-state index in [1.54, 1.807) is 0 Å². The molecule has 2 atom stereocenters. The first-order valence-corrected chi connectivity index (χ1v) is 6.10. The maximum absolute atomic E-state index is 6.06. The highest BCUT2D eigenvalue weighted by Crippen LogP contribution is 2.36. The Balaban J connectivity index is 2.71. The first-order valence-electron chi connectivity index (χ1n) is 6.10. The van der Waals surface area contributed by atoms with Crippen molar-refractivity contribution in [3.63, 3.8) is 0 Å². The highest BCUT2D eigenvalue weighted by molar-refractivity contribution is 4.84. The van der Waals surface area contributed by atoms with Gasteiger partial charge in [-0.1, -0.05) is 13.8 Å². The van der Waals surface area contributed by atoms with Crippen molar-refractivity contribution < 1.29 is 9.47 Å². The van der Waals surface area contributed by atoms with Crippen LogP contribution in [0.1, 0.15) is 41.0 Å². The maximum Gasteiger partial charge on any atom is 0.164 e. The van der Waals surface area contributed by atoms with Crippen LogP contribution in [-0.4, -0.2) is 43.5 Å². The molecule has 1 rings (SSSR count). The van der Waals surface area contributed by atoms with Crippen LogP contribution in [0.4, 0.5) is 0 Å². The highest BCUT2D eigenvalue weighted by atomic mass is 16.7. The van der Waals surface area contributed by atoms with E-state index in [9.17, 15) is 0 Å². The van der Waals surface area contributed by atoms with Gasteiger partial charge in [-0.05, 0) is 34.9 Å². The van der Waals surface area contributed by atoms with Gasteiger partial charge >= 0.3 is 0 Å². The third-order valence-electron chi connectivity index (χ3n) is 2.92. The van der Waals surface area contributed by atoms with Gasteiger partial charge in [0, 0.05) is 18.4 Å². The standard InChI is InChI=1S/C13H27NO2/c1-10-8-13(4,5)16-11(15-10)12(2,3)9-14(6)7/h10-11H,8-9H2,1-7H3/t10-,11+/m0/s1. The SMILES string of the molecule is C[C@H]1CC(C)(C)O[C@H](C(C)(C)CN(C)C)O1. The number of hydrogen-bond donors (Lipinski definition) is 0. The smallest absolute Gasteiger partial charge is 0.164 e. The second-order valence-electron chi connectivity index (χ2n) is 6.59. The zero-order valence-electron chi connectivity index (χ0n) is 11.8. The molecule has 3 heteroatoms. The molecule has 0 aromatic carbocycles. The summed E-state index contributed by atoms with van der Waals surface area (Å²) in [5.74, 6) is 0. The maximum atomic E-state index is 6.06. The van der Waals surface area contributed by atoms with Crippen LogP contribution in [0.15, 0.2) is 0 Å². The quantitative estimate of drug-likeness (QED) is 0.742. The molecule has 96 valence electrons. The Hall–Kier alpha value is -0.120. The number of rotatable bonds is 3. The Morgan fingerprint density at radius 3 is 2.31 bits per heavy atom. The van der Waals surface area contributed by atoms with Crippen LogP contribution in [0.3, 0.4) is 0 Å². The van der Waals surface area contributed by atoms with E-state index in [4.69, 9.17) is 9.47 Å². The molecular formula is C13H27NO2. The van der Waals surface area contributed by atoms with Crippen molar-refractivity contribution in [1.82, 2.24) is 4.90 Å². The predicted molar refractivity (Wildman–Crippen MR) is 66.5 cm³/mol. The molecule has 1 saturated heterocycles. The minimum absolute atomic E-state index is 0.00937. The zero-order valence-corrected chi connectivity index (χ0v) is 11.8. The van der Waals surface area contributed by atoms with Gasteiger partial charge in [-0.3, -0.25) is 0 Å². The van der Waals surface area contributed by atoms with Crippen molar-refractivity contribution >= 4 is 0 Å². The summed E-state index contributed by atoms with van der Waals surface area (Å²) in [6.07, 6.45) is 1.12. The van der Waals surface area contributed by atoms with E-state index in [1.807, 2.05) is 0 Å². The minimum atomic E-state index is -0.117. The molecule has 0 saturated carbocycles. The minimum Gasteiger partial charge on any atom is -0.349 e. The van der Waals surface area contributed by atoms with E-state index in [2.05, 4.69) is 53.6 Å². The average Bonchev–Trinajstić information content (AvgIpc) is 1.96. The van der Waals surface area contributed by atoms with Crippen LogP contribution in [0.2, 0.25) is 0 Å². The molecule has 16 heavy (non-hydrogen) atoms. The molecule has 3 nitrogen and oxygen atoms in total. The summed E-state index contributed by atoms with van der Waals surface area (Å²) in [5.41, 5.74) is -0.0681. The molecular weight excluding hydrogens is 202 g/mol. The molecule has 1 heterocycles. The van der Waals surface area contributed by atoms with Crippen molar-refractivity contribution in [3.05, 3.63) is 0 Å². The molecule has 1 aliphatic heterocycles. The van der Waals surface area contributed by atoms with Crippen molar-refractivity contribution in [1.29, 1.82) is 0 Å². The molecule has 0 radical (unpaired) electrons. The third kappa shape index (κ3) is 3.72. The zero-order chi connectivity index (χ0) is 12.6. The van der Waals surface area contributed by atoms with Crippen molar-refractivity contribution in [2.45, 2.75) is 59.0 Å². The first kappa shape index (κ1) is 13.9. The Kier molecular flexibility index (Phi) is 4.04. The fourth-order valence-corrected chi connectivity index (χ4v) is 2.55. The summed E-state index contributed by atoms with van der Waals surface area (Å²) in [6, 6.07) is 0. The van der Waals surface area contributed by atoms with Crippen molar-refractivity contribution in [2.75, 3.05) is 20.6 Å². The fourth-order valence-electron chi connectivity index (χ4n) is 2.55. The van der Waals surface area contributed by atoms with Crippen LogP contribution in [0.25, 0.3) is 0 Å². The van der Waals surface area contributed by atoms with E-state index in [0.717, 1.165) is 13.0 Å². The van der Waals surface area contributed by atoms with Gasteiger partial charge in [0.15, 0.2) is 6.29 Å². The normalized spacial score (nSPS) is 30.8. The Morgan fingerprint density at radius 2 is 1.88 bits per heavy atom. The summed E-state index contributed by atoms with van der Waals surface area (Å²) in [7, 11) is 4.16. The molecule has 0 unspecified atom stereocenters. The van der Waals surface area contributed by atoms with E-state index in [-0.39, 0.29) is 23.4 Å². The molecule has 0 aromatic heterocycles. The van der Waals surface area contributed by atoms with Gasteiger partial charge in [-0.2, -0.15) is 0 Å². The lowest BCUT2D eigenvalue weighted by Crippen LogP contribution is -2.51. The summed E-state index contributed by atoms with van der Waals surface area (Å²) < 4.78 is 12.0. The van der Waals surface area contributed by atoms with E-state index in [1.165, 1.54) is 0 Å². The van der Waals surface area contributed by atoms with Gasteiger partial charge in [0.2, 0.25) is 0 Å². The monoisotopic (exact) mass is 229 g/mol. The fraction of sp³-hybridized carbons (Fsp3) is 1.00. The Labute approximate surface area is 100 Å². The lowest BCUT2D eigenvalue weighted by molar-refractivity contribution is -0.305. The lowest BCUT2D eigenvalue weighted by Gasteiger charge is -2.46. The molecule has 0 bridgehead atoms. The van der Waals surface area contributed by atoms with E-state index >= 15 is 0 Å². The van der Waals surface area contributed by atoms with Gasteiger partial charge in [0.25, 0.3) is 0 Å². The summed E-state index contributed by atoms with van der Waals surface area (Å²) >= 11 is 0. The number of ether oxygens (including phenoxy) is 2. The number of hydrogen-bond acceptors (Lipinski definition) is 3. The van der Waals surface area contributed by atoms with Gasteiger partial charge in [-0.25, -0.2) is 0 Å². The predicted octanol–water partition coefficient (Wildman–Crippen LogP) is 2.50. The van der Waals surface area contributed by atoms with Crippen LogP contribution in [-0.2, 0) is 9.47 Å². The van der Waals surface area contributed by atoms with Crippen molar-refractivity contribution in [3.8, 4) is 0 Å². The van der Waals surface area contributed by atoms with Crippen molar-refractivity contribution in [2.24, 2.45) is 5.41 Å². The molecule has 1 aliphatic rings. The topological polar surface area (TPSA) is 21.7 Å². The molecule has 0 aliphatic carbocycles. The molecule has 0 N–H and O–H groups in total. The molecule has 0 aromatic rings. The third-order valence-corrected chi connectivity index (χ3v) is 2.92. The van der Waals surface area contributed by atoms with Crippen LogP contribution in [0.5, 0.6) is 0 Å². The summed E-state index contributed by atoms with van der Waals surface area (Å²) in [5, 5.41) is 0. The second-order valence-corrected chi connectivity index (χ2v) is 6.59. The largest absolute Gasteiger partial charge is 0.349 e. The Morgan fingerprint density at radius 1 is 1.31 bits per heavy atom. The second kappa shape index (κ2) is 4.63. The molecule has 0 spiro atoms. The molecule has 0 amide bonds. The summed E-state index contributed by atoms with van der Waals surface area (Å²) in [4.78, 5) is 2.18. The van der Waals surface area contributed by atoms with E-state index < -0.39 is 0 Å². The van der Waals surface area contributed by atoms with Gasteiger partial charge in [0.1, 0.15) is 0 Å². The van der Waals surface area contributed by atoms with E-state index in [0.29, 0.717) is 0 Å². The van der Waals surface area contributed by atoms with Gasteiger partial charge in [-0.15, -0.1) is 0 Å². The Bertz CT molecular complexity index is 236.